The van der Waals surface area contributed by atoms with Crippen LogP contribution in [0.2, 0.25) is 0 Å². The number of aryl methyl sites for hydroxylation is 2. The third-order valence-electron chi connectivity index (χ3n) is 5.10. The number of amides is 3. The molecule has 2 aromatic carbocycles. The van der Waals surface area contributed by atoms with Crippen molar-refractivity contribution in [1.29, 1.82) is 0 Å². The highest BCUT2D eigenvalue weighted by molar-refractivity contribution is 5.95. The van der Waals surface area contributed by atoms with Crippen molar-refractivity contribution >= 4 is 23.3 Å². The van der Waals surface area contributed by atoms with E-state index in [2.05, 4.69) is 28.8 Å². The quantitative estimate of drug-likeness (QED) is 0.890. The van der Waals surface area contributed by atoms with Gasteiger partial charge in [0.25, 0.3) is 0 Å². The van der Waals surface area contributed by atoms with Gasteiger partial charge in [-0.2, -0.15) is 0 Å². The lowest BCUT2D eigenvalue weighted by Gasteiger charge is -2.16. The predicted octanol–water partition coefficient (Wildman–Crippen LogP) is 3.28. The second-order valence-corrected chi connectivity index (χ2v) is 6.97. The molecule has 0 unspecified atom stereocenters. The first kappa shape index (κ1) is 16.6. The van der Waals surface area contributed by atoms with E-state index in [0.29, 0.717) is 19.5 Å². The van der Waals surface area contributed by atoms with Crippen molar-refractivity contribution in [3.8, 4) is 0 Å². The molecule has 2 N–H and O–H groups in total. The Morgan fingerprint density at radius 1 is 1.04 bits per heavy atom. The molecule has 2 aromatic rings. The van der Waals surface area contributed by atoms with Gasteiger partial charge in [-0.1, -0.05) is 18.2 Å². The normalized spacial score (nSPS) is 16.2. The summed E-state index contributed by atoms with van der Waals surface area (Å²) in [4.78, 5) is 25.7. The molecule has 0 saturated carbocycles. The summed E-state index contributed by atoms with van der Waals surface area (Å²) in [7, 11) is 0. The van der Waals surface area contributed by atoms with Crippen LogP contribution in [0.15, 0.2) is 42.5 Å². The number of nitrogens with one attached hydrogen (secondary N) is 2. The van der Waals surface area contributed by atoms with Gasteiger partial charge in [-0.15, -0.1) is 0 Å². The minimum absolute atomic E-state index is 0.0209. The number of carbonyl (C=O) groups excluding carboxylic acids is 2. The van der Waals surface area contributed by atoms with Crippen molar-refractivity contribution in [2.24, 2.45) is 0 Å². The van der Waals surface area contributed by atoms with Gasteiger partial charge in [0.2, 0.25) is 5.91 Å². The monoisotopic (exact) mass is 349 g/mol. The summed E-state index contributed by atoms with van der Waals surface area (Å²) in [5, 5.41) is 5.72. The highest BCUT2D eigenvalue weighted by Gasteiger charge is 2.20. The molecule has 0 aromatic heterocycles. The lowest BCUT2D eigenvalue weighted by Crippen LogP contribution is -2.27. The first-order valence-electron chi connectivity index (χ1n) is 9.25. The minimum Gasteiger partial charge on any atom is -0.336 e. The molecule has 3 amide bonds. The van der Waals surface area contributed by atoms with Crippen LogP contribution in [0.5, 0.6) is 0 Å². The van der Waals surface area contributed by atoms with Crippen molar-refractivity contribution in [1.82, 2.24) is 5.32 Å². The Morgan fingerprint density at radius 2 is 1.81 bits per heavy atom. The maximum atomic E-state index is 12.4. The summed E-state index contributed by atoms with van der Waals surface area (Å²) in [6.07, 6.45) is 5.16. The SMILES string of the molecule is O=C(Cc1ccc2c(c1)CCCC2)Nc1ccc(N2CCNC2=O)cc1. The van der Waals surface area contributed by atoms with E-state index in [1.165, 1.54) is 24.0 Å². The molecule has 4 rings (SSSR count). The fraction of sp³-hybridized carbons (Fsp3) is 0.333. The van der Waals surface area contributed by atoms with Crippen LogP contribution >= 0.6 is 0 Å². The van der Waals surface area contributed by atoms with Crippen LogP contribution in [0.25, 0.3) is 0 Å². The summed E-state index contributed by atoms with van der Waals surface area (Å²) < 4.78 is 0. The number of hydrogen-bond acceptors (Lipinski definition) is 2. The molecule has 1 saturated heterocycles. The van der Waals surface area contributed by atoms with Crippen molar-refractivity contribution in [2.75, 3.05) is 23.3 Å². The number of anilines is 2. The van der Waals surface area contributed by atoms with Crippen LogP contribution in [0.1, 0.15) is 29.5 Å². The van der Waals surface area contributed by atoms with Crippen LogP contribution in [-0.2, 0) is 24.1 Å². The Morgan fingerprint density at radius 3 is 2.54 bits per heavy atom. The van der Waals surface area contributed by atoms with Crippen LogP contribution < -0.4 is 15.5 Å². The number of urea groups is 1. The fourth-order valence-corrected chi connectivity index (χ4v) is 3.73. The molecule has 0 bridgehead atoms. The smallest absolute Gasteiger partial charge is 0.321 e. The number of rotatable bonds is 4. The van der Waals surface area contributed by atoms with Crippen molar-refractivity contribution in [3.05, 3.63) is 59.2 Å². The van der Waals surface area contributed by atoms with Crippen molar-refractivity contribution < 1.29 is 9.59 Å². The lowest BCUT2D eigenvalue weighted by atomic mass is 9.90. The van der Waals surface area contributed by atoms with Crippen LogP contribution in [0.4, 0.5) is 16.2 Å². The second-order valence-electron chi connectivity index (χ2n) is 6.97. The maximum absolute atomic E-state index is 12.4. The van der Waals surface area contributed by atoms with Crippen molar-refractivity contribution in [3.63, 3.8) is 0 Å². The molecule has 1 aliphatic heterocycles. The molecule has 1 heterocycles. The van der Waals surface area contributed by atoms with Crippen LogP contribution in [-0.4, -0.2) is 25.0 Å². The average Bonchev–Trinajstić information content (AvgIpc) is 3.08. The van der Waals surface area contributed by atoms with Gasteiger partial charge in [0.05, 0.1) is 6.42 Å². The fourth-order valence-electron chi connectivity index (χ4n) is 3.73. The Labute approximate surface area is 153 Å². The van der Waals surface area contributed by atoms with E-state index in [4.69, 9.17) is 0 Å². The maximum Gasteiger partial charge on any atom is 0.321 e. The zero-order chi connectivity index (χ0) is 17.9. The highest BCUT2D eigenvalue weighted by atomic mass is 16.2. The lowest BCUT2D eigenvalue weighted by molar-refractivity contribution is -0.115. The third kappa shape index (κ3) is 3.57. The predicted molar refractivity (Wildman–Crippen MR) is 103 cm³/mol. The molecule has 1 fully saturated rings. The van der Waals surface area contributed by atoms with E-state index in [1.54, 1.807) is 4.90 Å². The van der Waals surface area contributed by atoms with E-state index in [1.807, 2.05) is 24.3 Å². The van der Waals surface area contributed by atoms with Gasteiger partial charge in [0.15, 0.2) is 0 Å². The van der Waals surface area contributed by atoms with Gasteiger partial charge < -0.3 is 10.6 Å². The van der Waals surface area contributed by atoms with E-state index >= 15 is 0 Å². The van der Waals surface area contributed by atoms with Gasteiger partial charge in [-0.05, 0) is 66.6 Å². The Hall–Kier alpha value is -2.82. The molecule has 2 aliphatic rings. The van der Waals surface area contributed by atoms with E-state index in [9.17, 15) is 9.59 Å². The molecule has 26 heavy (non-hydrogen) atoms. The number of carbonyl (C=O) groups is 2. The second kappa shape index (κ2) is 7.20. The molecular weight excluding hydrogens is 326 g/mol. The van der Waals surface area contributed by atoms with Gasteiger partial charge in [0.1, 0.15) is 0 Å². The molecular formula is C21H23N3O2. The van der Waals surface area contributed by atoms with Gasteiger partial charge >= 0.3 is 6.03 Å². The molecule has 5 heteroatoms. The first-order valence-corrected chi connectivity index (χ1v) is 9.25. The topological polar surface area (TPSA) is 61.4 Å². The van der Waals surface area contributed by atoms with Gasteiger partial charge in [-0.3, -0.25) is 9.69 Å². The molecule has 5 nitrogen and oxygen atoms in total. The van der Waals surface area contributed by atoms with Gasteiger partial charge in [0, 0.05) is 24.5 Å². The molecule has 0 atom stereocenters. The first-order chi connectivity index (χ1) is 12.7. The summed E-state index contributed by atoms with van der Waals surface area (Å²) in [6, 6.07) is 13.7. The van der Waals surface area contributed by atoms with Crippen LogP contribution in [0.3, 0.4) is 0 Å². The summed E-state index contributed by atoms with van der Waals surface area (Å²) in [6.45, 7) is 1.33. The Bertz CT molecular complexity index is 830. The number of fused-ring (bicyclic) bond motifs is 1. The van der Waals surface area contributed by atoms with Gasteiger partial charge in [-0.25, -0.2) is 4.79 Å². The summed E-state index contributed by atoms with van der Waals surface area (Å²) >= 11 is 0. The van der Waals surface area contributed by atoms with E-state index in [0.717, 1.165) is 29.8 Å². The average molecular weight is 349 g/mol. The largest absolute Gasteiger partial charge is 0.336 e. The zero-order valence-corrected chi connectivity index (χ0v) is 14.8. The third-order valence-corrected chi connectivity index (χ3v) is 5.10. The zero-order valence-electron chi connectivity index (χ0n) is 14.8. The molecule has 0 spiro atoms. The Balaban J connectivity index is 1.38. The summed E-state index contributed by atoms with van der Waals surface area (Å²) in [5.41, 5.74) is 5.48. The standard InChI is InChI=1S/C21H23N3O2/c25-20(14-15-5-6-16-3-1-2-4-17(16)13-15)23-18-7-9-19(10-8-18)24-12-11-22-21(24)26/h5-10,13H,1-4,11-12,14H2,(H,22,26)(H,23,25). The minimum atomic E-state index is -0.0748. The highest BCUT2D eigenvalue weighted by Crippen LogP contribution is 2.23. The van der Waals surface area contributed by atoms with E-state index in [-0.39, 0.29) is 11.9 Å². The molecule has 134 valence electrons. The van der Waals surface area contributed by atoms with Crippen LogP contribution in [0, 0.1) is 0 Å². The molecule has 0 radical (unpaired) electrons. The molecule has 1 aliphatic carbocycles. The number of nitrogens with zero attached hydrogens (tertiary/aromatic N) is 1. The van der Waals surface area contributed by atoms with Crippen molar-refractivity contribution in [2.45, 2.75) is 32.1 Å². The summed E-state index contributed by atoms with van der Waals surface area (Å²) in [5.74, 6) is -0.0209. The number of benzene rings is 2. The number of hydrogen-bond donors (Lipinski definition) is 2. The Kier molecular flexibility index (Phi) is 4.61. The van der Waals surface area contributed by atoms with E-state index < -0.39 is 0 Å².